The molecule has 57 heavy (non-hydrogen) atoms. The number of hydrogen-bond donors (Lipinski definition) is 5. The highest BCUT2D eigenvalue weighted by atomic mass is 16.2. The normalized spacial score (nSPS) is 10.7. The van der Waals surface area contributed by atoms with Gasteiger partial charge < -0.3 is 25.8 Å². The number of H-pyrrole nitrogens is 1. The molecule has 286 valence electrons. The van der Waals surface area contributed by atoms with Crippen LogP contribution in [0.25, 0.3) is 44.5 Å². The van der Waals surface area contributed by atoms with Crippen LogP contribution in [-0.2, 0) is 16.6 Å². The maximum Gasteiger partial charge on any atom is 0.247 e. The van der Waals surface area contributed by atoms with Gasteiger partial charge in [0.1, 0.15) is 0 Å². The van der Waals surface area contributed by atoms with Crippen molar-refractivity contribution in [3.05, 3.63) is 128 Å². The fourth-order valence-electron chi connectivity index (χ4n) is 6.15. The maximum absolute atomic E-state index is 11.2. The molecule has 3 aromatic carbocycles. The zero-order chi connectivity index (χ0) is 39.9. The summed E-state index contributed by atoms with van der Waals surface area (Å²) in [5.74, 6) is 0.798. The van der Waals surface area contributed by atoms with E-state index in [4.69, 9.17) is 4.98 Å². The topological polar surface area (TPSA) is 176 Å². The first-order valence-corrected chi connectivity index (χ1v) is 18.3. The fourth-order valence-corrected chi connectivity index (χ4v) is 6.15. The van der Waals surface area contributed by atoms with E-state index in [0.29, 0.717) is 11.9 Å². The van der Waals surface area contributed by atoms with Crippen LogP contribution >= 0.6 is 0 Å². The monoisotopic (exact) mass is 759 g/mol. The molecule has 0 aliphatic carbocycles. The molecule has 9 aromatic rings. The van der Waals surface area contributed by atoms with Crippen LogP contribution < -0.4 is 21.3 Å². The minimum absolute atomic E-state index is 0.0982. The van der Waals surface area contributed by atoms with Crippen molar-refractivity contribution < 1.29 is 9.59 Å². The molecule has 0 atom stereocenters. The number of anilines is 6. The van der Waals surface area contributed by atoms with Crippen LogP contribution in [-0.4, -0.2) is 55.8 Å². The smallest absolute Gasteiger partial charge is 0.247 e. The average Bonchev–Trinajstić information content (AvgIpc) is 4.04. The molecule has 0 saturated carbocycles. The van der Waals surface area contributed by atoms with Crippen molar-refractivity contribution in [2.45, 2.75) is 27.7 Å². The Hall–Kier alpha value is -7.81. The number of benzene rings is 3. The van der Waals surface area contributed by atoms with Crippen LogP contribution in [0.4, 0.5) is 34.6 Å². The van der Waals surface area contributed by atoms with Gasteiger partial charge in [0.2, 0.25) is 23.7 Å². The van der Waals surface area contributed by atoms with Crippen LogP contribution in [0.3, 0.4) is 0 Å². The summed E-state index contributed by atoms with van der Waals surface area (Å²) in [4.78, 5) is 31.5. The number of carbonyl (C=O) groups excluding carboxylic acids is 2. The molecule has 0 unspecified atom stereocenters. The van der Waals surface area contributed by atoms with Crippen LogP contribution in [0.2, 0.25) is 0 Å². The summed E-state index contributed by atoms with van der Waals surface area (Å²) in [7, 11) is 2.04. The zero-order valence-electron chi connectivity index (χ0n) is 32.0. The molecule has 0 aliphatic heterocycles. The molecule has 0 aliphatic rings. The Balaban J connectivity index is 0.000000170. The molecule has 0 radical (unpaired) electrons. The highest BCUT2D eigenvalue weighted by Gasteiger charge is 2.13. The van der Waals surface area contributed by atoms with E-state index in [2.05, 4.69) is 87.7 Å². The lowest BCUT2D eigenvalue weighted by Gasteiger charge is -2.04. The predicted molar refractivity (Wildman–Crippen MR) is 225 cm³/mol. The van der Waals surface area contributed by atoms with Gasteiger partial charge in [-0.25, -0.2) is 9.03 Å². The Bertz CT molecular complexity index is 2780. The number of aryl methyl sites for hydroxylation is 1. The molecule has 6 aromatic heterocycles. The first-order chi connectivity index (χ1) is 27.8. The van der Waals surface area contributed by atoms with Gasteiger partial charge in [0.05, 0.1) is 6.20 Å². The van der Waals surface area contributed by atoms with Crippen LogP contribution in [0.5, 0.6) is 0 Å². The van der Waals surface area contributed by atoms with Gasteiger partial charge in [-0.2, -0.15) is 15.1 Å². The molecule has 0 bridgehead atoms. The van der Waals surface area contributed by atoms with Crippen molar-refractivity contribution in [2.24, 2.45) is 7.05 Å². The molecular formula is C42H41N13O2. The van der Waals surface area contributed by atoms with Crippen molar-refractivity contribution in [1.82, 2.24) is 44.0 Å². The molecule has 15 nitrogen and oxygen atoms in total. The van der Waals surface area contributed by atoms with Gasteiger partial charge in [-0.3, -0.25) is 14.7 Å². The van der Waals surface area contributed by atoms with Crippen molar-refractivity contribution in [1.29, 1.82) is 0 Å². The zero-order valence-corrected chi connectivity index (χ0v) is 32.0. The van der Waals surface area contributed by atoms with Crippen LogP contribution in [0, 0.1) is 0 Å². The predicted octanol–water partition coefficient (Wildman–Crippen LogP) is 8.44. The second-order valence-corrected chi connectivity index (χ2v) is 12.7. The van der Waals surface area contributed by atoms with E-state index in [1.807, 2.05) is 106 Å². The number of pyridine rings is 2. The second kappa shape index (κ2) is 16.7. The Kier molecular flexibility index (Phi) is 11.0. The molecule has 15 heteroatoms. The van der Waals surface area contributed by atoms with E-state index in [1.54, 1.807) is 15.2 Å². The standard InChI is InChI=1S/C23H20N6O.C17H15N7O.C2H6/c1-15(30)24-18-6-8-19(9-7-18)25-23-26-22-20(4-3-12-29(22)27-23)16-5-10-21-17(14-16)11-13-28(21)2;1-11(25)20-13-4-6-14(7-5-13)21-17-22-16-15(12-9-18-19-10-12)3-2-8-24(16)23-17;1-2/h3-14H,1-2H3,(H,24,30)(H,25,27);2-10H,1H3,(H,18,19)(H,20,25)(H,21,23);1-2H3. The number of nitrogens with zero attached hydrogens (tertiary/aromatic N) is 8. The average molecular weight is 760 g/mol. The summed E-state index contributed by atoms with van der Waals surface area (Å²) in [6.45, 7) is 6.96. The van der Waals surface area contributed by atoms with Gasteiger partial charge in [0.15, 0.2) is 11.3 Å². The van der Waals surface area contributed by atoms with E-state index in [1.165, 1.54) is 24.8 Å². The molecule has 0 spiro atoms. The number of fused-ring (bicyclic) bond motifs is 3. The third kappa shape index (κ3) is 8.62. The van der Waals surface area contributed by atoms with Gasteiger partial charge in [-0.1, -0.05) is 19.9 Å². The number of rotatable bonds is 8. The third-order valence-corrected chi connectivity index (χ3v) is 8.65. The van der Waals surface area contributed by atoms with Crippen molar-refractivity contribution in [3.63, 3.8) is 0 Å². The van der Waals surface area contributed by atoms with Gasteiger partial charge in [-0.15, -0.1) is 10.2 Å². The summed E-state index contributed by atoms with van der Waals surface area (Å²) in [6.07, 6.45) is 9.36. The highest BCUT2D eigenvalue weighted by molar-refractivity contribution is 5.90. The van der Waals surface area contributed by atoms with E-state index in [0.717, 1.165) is 56.3 Å². The maximum atomic E-state index is 11.2. The number of aromatic amines is 1. The first-order valence-electron chi connectivity index (χ1n) is 18.3. The Morgan fingerprint density at radius 1 is 0.614 bits per heavy atom. The highest BCUT2D eigenvalue weighted by Crippen LogP contribution is 2.29. The number of carbonyl (C=O) groups is 2. The summed E-state index contributed by atoms with van der Waals surface area (Å²) in [5.41, 5.74) is 9.87. The molecule has 0 fully saturated rings. The third-order valence-electron chi connectivity index (χ3n) is 8.65. The number of nitrogens with one attached hydrogen (secondary N) is 5. The van der Waals surface area contributed by atoms with Crippen LogP contribution in [0.15, 0.2) is 128 Å². The molecule has 2 amide bonds. The fraction of sp³-hybridized carbons (Fsp3) is 0.119. The minimum Gasteiger partial charge on any atom is -0.351 e. The SMILES string of the molecule is CC.CC(=O)Nc1ccc(Nc2nc3c(-c4ccc5c(ccn5C)c4)cccn3n2)cc1.CC(=O)Nc1ccc(Nc2nc3c(-c4cn[nH]c4)cccn3n2)cc1. The van der Waals surface area contributed by atoms with E-state index in [-0.39, 0.29) is 11.8 Å². The number of hydrogen-bond acceptors (Lipinski definition) is 9. The largest absolute Gasteiger partial charge is 0.351 e. The van der Waals surface area contributed by atoms with Gasteiger partial charge in [-0.05, 0) is 96.6 Å². The van der Waals surface area contributed by atoms with Crippen molar-refractivity contribution >= 4 is 68.7 Å². The molecule has 6 heterocycles. The lowest BCUT2D eigenvalue weighted by atomic mass is 10.1. The molecular weight excluding hydrogens is 719 g/mol. The lowest BCUT2D eigenvalue weighted by molar-refractivity contribution is -0.115. The summed E-state index contributed by atoms with van der Waals surface area (Å²) in [6, 6.07) is 31.2. The number of aromatic nitrogens is 9. The summed E-state index contributed by atoms with van der Waals surface area (Å²) in [5, 5.41) is 28.8. The van der Waals surface area contributed by atoms with Crippen LogP contribution in [0.1, 0.15) is 27.7 Å². The first kappa shape index (κ1) is 37.5. The quantitative estimate of drug-likeness (QED) is 0.102. The van der Waals surface area contributed by atoms with Gasteiger partial charge >= 0.3 is 0 Å². The Morgan fingerprint density at radius 2 is 1.12 bits per heavy atom. The van der Waals surface area contributed by atoms with E-state index < -0.39 is 0 Å². The van der Waals surface area contributed by atoms with Gasteiger partial charge in [0, 0.05) is 96.0 Å². The minimum atomic E-state index is -0.102. The van der Waals surface area contributed by atoms with E-state index in [9.17, 15) is 9.59 Å². The summed E-state index contributed by atoms with van der Waals surface area (Å²) < 4.78 is 5.60. The molecule has 9 rings (SSSR count). The summed E-state index contributed by atoms with van der Waals surface area (Å²) >= 11 is 0. The lowest BCUT2D eigenvalue weighted by Crippen LogP contribution is -2.05. The van der Waals surface area contributed by atoms with Crippen molar-refractivity contribution in [2.75, 3.05) is 21.3 Å². The Labute approximate surface area is 327 Å². The van der Waals surface area contributed by atoms with E-state index >= 15 is 0 Å². The Morgan fingerprint density at radius 3 is 1.61 bits per heavy atom. The second-order valence-electron chi connectivity index (χ2n) is 12.7. The van der Waals surface area contributed by atoms with Gasteiger partial charge in [0.25, 0.3) is 0 Å². The molecule has 0 saturated heterocycles. The molecule has 5 N–H and O–H groups in total. The number of amides is 2. The van der Waals surface area contributed by atoms with Crippen molar-refractivity contribution in [3.8, 4) is 22.3 Å².